The predicted octanol–water partition coefficient (Wildman–Crippen LogP) is 3.74. The minimum absolute atomic E-state index is 0.0257. The molecule has 31 heavy (non-hydrogen) atoms. The standard InChI is InChI=1S/C22H23N7OS/c1-14-3-4-17-18(11-14)31-22(26-17)27-21(30)16-5-8-28(9-6-16)19-12-20(25-13-24-19)29-10-7-23-15(29)2/h3-4,7,10-13,16H,5-6,8-9H2,1-2H3,(H,26,27,30). The maximum absolute atomic E-state index is 12.8. The van der Waals surface area contributed by atoms with E-state index in [0.29, 0.717) is 5.13 Å². The summed E-state index contributed by atoms with van der Waals surface area (Å²) in [5, 5.41) is 3.69. The summed E-state index contributed by atoms with van der Waals surface area (Å²) in [5.41, 5.74) is 2.12. The van der Waals surface area contributed by atoms with Gasteiger partial charge in [-0.2, -0.15) is 0 Å². The number of fused-ring (bicyclic) bond motifs is 1. The highest BCUT2D eigenvalue weighted by Crippen LogP contribution is 2.29. The molecule has 1 saturated heterocycles. The van der Waals surface area contributed by atoms with Gasteiger partial charge in [-0.25, -0.2) is 19.9 Å². The zero-order valence-electron chi connectivity index (χ0n) is 17.4. The SMILES string of the molecule is Cc1ccc2nc(NC(=O)C3CCN(c4cc(-n5ccnc5C)ncn4)CC3)sc2c1. The molecule has 1 fully saturated rings. The molecule has 1 aliphatic heterocycles. The Morgan fingerprint density at radius 1 is 1.10 bits per heavy atom. The van der Waals surface area contributed by atoms with Crippen molar-refractivity contribution in [3.05, 3.63) is 54.4 Å². The first kappa shape index (κ1) is 19.6. The normalized spacial score (nSPS) is 14.8. The van der Waals surface area contributed by atoms with E-state index in [2.05, 4.69) is 43.1 Å². The van der Waals surface area contributed by atoms with Crippen LogP contribution in [-0.4, -0.2) is 43.5 Å². The largest absolute Gasteiger partial charge is 0.356 e. The van der Waals surface area contributed by atoms with Gasteiger partial charge in [0.1, 0.15) is 23.8 Å². The number of hydrogen-bond acceptors (Lipinski definition) is 7. The lowest BCUT2D eigenvalue weighted by molar-refractivity contribution is -0.120. The number of rotatable bonds is 4. The maximum atomic E-state index is 12.8. The van der Waals surface area contributed by atoms with E-state index >= 15 is 0 Å². The Morgan fingerprint density at radius 3 is 2.68 bits per heavy atom. The van der Waals surface area contributed by atoms with Crippen molar-refractivity contribution < 1.29 is 4.79 Å². The van der Waals surface area contributed by atoms with E-state index in [1.807, 2.05) is 35.9 Å². The van der Waals surface area contributed by atoms with Crippen molar-refractivity contribution in [1.29, 1.82) is 0 Å². The van der Waals surface area contributed by atoms with Crippen LogP contribution in [0.1, 0.15) is 24.2 Å². The van der Waals surface area contributed by atoms with Crippen molar-refractivity contribution in [2.45, 2.75) is 26.7 Å². The van der Waals surface area contributed by atoms with Gasteiger partial charge in [0, 0.05) is 37.5 Å². The van der Waals surface area contributed by atoms with Gasteiger partial charge in [0.15, 0.2) is 5.13 Å². The summed E-state index contributed by atoms with van der Waals surface area (Å²) in [6.45, 7) is 5.55. The fraction of sp³-hybridized carbons (Fsp3) is 0.318. The molecule has 0 radical (unpaired) electrons. The van der Waals surface area contributed by atoms with E-state index in [9.17, 15) is 4.79 Å². The number of hydrogen-bond donors (Lipinski definition) is 1. The monoisotopic (exact) mass is 433 g/mol. The third-order valence-electron chi connectivity index (χ3n) is 5.67. The Kier molecular flexibility index (Phi) is 5.11. The topological polar surface area (TPSA) is 88.8 Å². The molecule has 4 heterocycles. The fourth-order valence-corrected chi connectivity index (χ4v) is 4.89. The van der Waals surface area contributed by atoms with Gasteiger partial charge in [0.25, 0.3) is 0 Å². The minimum Gasteiger partial charge on any atom is -0.356 e. The highest BCUT2D eigenvalue weighted by molar-refractivity contribution is 7.22. The Labute approximate surface area is 184 Å². The summed E-state index contributed by atoms with van der Waals surface area (Å²) in [6, 6.07) is 8.10. The second-order valence-corrected chi connectivity index (χ2v) is 8.85. The number of nitrogens with one attached hydrogen (secondary N) is 1. The molecule has 4 aromatic rings. The summed E-state index contributed by atoms with van der Waals surface area (Å²) in [4.78, 5) is 32.6. The molecule has 0 unspecified atom stereocenters. The van der Waals surface area contributed by atoms with Crippen LogP contribution in [0.15, 0.2) is 43.0 Å². The second kappa shape index (κ2) is 8.07. The summed E-state index contributed by atoms with van der Waals surface area (Å²) >= 11 is 1.52. The first-order valence-electron chi connectivity index (χ1n) is 10.3. The Balaban J connectivity index is 1.23. The smallest absolute Gasteiger partial charge is 0.229 e. The number of aromatic nitrogens is 5. The molecule has 1 aliphatic rings. The van der Waals surface area contributed by atoms with E-state index in [-0.39, 0.29) is 11.8 Å². The zero-order valence-corrected chi connectivity index (χ0v) is 18.3. The molecule has 9 heteroatoms. The van der Waals surface area contributed by atoms with Crippen molar-refractivity contribution in [2.24, 2.45) is 5.92 Å². The van der Waals surface area contributed by atoms with Crippen molar-refractivity contribution in [3.63, 3.8) is 0 Å². The Hall–Kier alpha value is -3.33. The third kappa shape index (κ3) is 4.00. The van der Waals surface area contributed by atoms with Crippen LogP contribution in [0.2, 0.25) is 0 Å². The van der Waals surface area contributed by atoms with Crippen LogP contribution in [0.5, 0.6) is 0 Å². The number of anilines is 2. The molecule has 0 saturated carbocycles. The predicted molar refractivity (Wildman–Crippen MR) is 122 cm³/mol. The lowest BCUT2D eigenvalue weighted by Gasteiger charge is -2.32. The number of benzene rings is 1. The number of nitrogens with zero attached hydrogens (tertiary/aromatic N) is 6. The van der Waals surface area contributed by atoms with Crippen molar-refractivity contribution in [1.82, 2.24) is 24.5 Å². The maximum Gasteiger partial charge on any atom is 0.229 e. The lowest BCUT2D eigenvalue weighted by atomic mass is 9.96. The number of aryl methyl sites for hydroxylation is 2. The van der Waals surface area contributed by atoms with E-state index < -0.39 is 0 Å². The van der Waals surface area contributed by atoms with Crippen molar-refractivity contribution >= 4 is 38.4 Å². The van der Waals surface area contributed by atoms with E-state index in [4.69, 9.17) is 0 Å². The van der Waals surface area contributed by atoms with E-state index in [0.717, 1.165) is 53.6 Å². The van der Waals surface area contributed by atoms with Crippen molar-refractivity contribution in [2.75, 3.05) is 23.3 Å². The molecule has 0 spiro atoms. The van der Waals surface area contributed by atoms with Crippen LogP contribution < -0.4 is 10.2 Å². The summed E-state index contributed by atoms with van der Waals surface area (Å²) < 4.78 is 3.03. The first-order valence-corrected chi connectivity index (χ1v) is 11.1. The highest BCUT2D eigenvalue weighted by Gasteiger charge is 2.26. The van der Waals surface area contributed by atoms with Crippen LogP contribution in [-0.2, 0) is 4.79 Å². The molecule has 0 bridgehead atoms. The van der Waals surface area contributed by atoms with Gasteiger partial charge in [-0.3, -0.25) is 9.36 Å². The molecular formula is C22H23N7OS. The average molecular weight is 434 g/mol. The molecule has 1 amide bonds. The summed E-state index contributed by atoms with van der Waals surface area (Å²) in [7, 11) is 0. The number of carbonyl (C=O) groups is 1. The van der Waals surface area contributed by atoms with Gasteiger partial charge in [0.2, 0.25) is 5.91 Å². The van der Waals surface area contributed by atoms with Crippen LogP contribution in [0, 0.1) is 19.8 Å². The van der Waals surface area contributed by atoms with Crippen LogP contribution >= 0.6 is 11.3 Å². The molecular weight excluding hydrogens is 410 g/mol. The van der Waals surface area contributed by atoms with Gasteiger partial charge < -0.3 is 10.2 Å². The van der Waals surface area contributed by atoms with Crippen LogP contribution in [0.3, 0.4) is 0 Å². The molecule has 8 nitrogen and oxygen atoms in total. The Morgan fingerprint density at radius 2 is 1.90 bits per heavy atom. The molecule has 3 aromatic heterocycles. The Bertz CT molecular complexity index is 1240. The van der Waals surface area contributed by atoms with Gasteiger partial charge in [-0.1, -0.05) is 17.4 Å². The van der Waals surface area contributed by atoms with Crippen molar-refractivity contribution in [3.8, 4) is 5.82 Å². The quantitative estimate of drug-likeness (QED) is 0.527. The number of imidazole rings is 1. The number of amides is 1. The number of piperidine rings is 1. The van der Waals surface area contributed by atoms with Gasteiger partial charge >= 0.3 is 0 Å². The van der Waals surface area contributed by atoms with Gasteiger partial charge in [-0.15, -0.1) is 0 Å². The highest BCUT2D eigenvalue weighted by atomic mass is 32.1. The molecule has 5 rings (SSSR count). The number of carbonyl (C=O) groups excluding carboxylic acids is 1. The molecule has 1 N–H and O–H groups in total. The van der Waals surface area contributed by atoms with E-state index in [1.165, 1.54) is 16.9 Å². The molecule has 0 aliphatic carbocycles. The second-order valence-electron chi connectivity index (χ2n) is 7.82. The molecule has 158 valence electrons. The van der Waals surface area contributed by atoms with Crippen LogP contribution in [0.25, 0.3) is 16.0 Å². The summed E-state index contributed by atoms with van der Waals surface area (Å²) in [6.07, 6.45) is 6.78. The lowest BCUT2D eigenvalue weighted by Crippen LogP contribution is -2.38. The summed E-state index contributed by atoms with van der Waals surface area (Å²) in [5.74, 6) is 2.57. The fourth-order valence-electron chi connectivity index (χ4n) is 3.93. The van der Waals surface area contributed by atoms with Crippen LogP contribution in [0.4, 0.5) is 10.9 Å². The number of thiazole rings is 1. The molecule has 1 aromatic carbocycles. The zero-order chi connectivity index (χ0) is 21.4. The third-order valence-corrected chi connectivity index (χ3v) is 6.61. The van der Waals surface area contributed by atoms with Gasteiger partial charge in [-0.05, 0) is 44.4 Å². The van der Waals surface area contributed by atoms with Gasteiger partial charge in [0.05, 0.1) is 10.2 Å². The average Bonchev–Trinajstić information content (AvgIpc) is 3.39. The minimum atomic E-state index is -0.0257. The van der Waals surface area contributed by atoms with E-state index in [1.54, 1.807) is 12.5 Å². The first-order chi connectivity index (χ1) is 15.1. The molecule has 0 atom stereocenters.